The van der Waals surface area contributed by atoms with Crippen LogP contribution in [0.15, 0.2) is 0 Å². The molecule has 58 valence electrons. The zero-order valence-electron chi connectivity index (χ0n) is 6.20. The molecule has 0 aliphatic carbocycles. The fraction of sp³-hybridized carbons (Fsp3) is 0.571. The lowest BCUT2D eigenvalue weighted by atomic mass is 10.2. The van der Waals surface area contributed by atoms with Gasteiger partial charge in [0.15, 0.2) is 6.10 Å². The Morgan fingerprint density at radius 1 is 1.64 bits per heavy atom. The molecule has 1 atom stereocenters. The molecule has 4 heteroatoms. The summed E-state index contributed by atoms with van der Waals surface area (Å²) in [4.78, 5) is 10.3. The van der Waals surface area contributed by atoms with Gasteiger partial charge in [-0.1, -0.05) is 0 Å². The lowest BCUT2D eigenvalue weighted by Crippen LogP contribution is -2.13. The van der Waals surface area contributed by atoms with E-state index in [1.54, 1.807) is 6.07 Å². The number of rotatable bonds is 3. The molecule has 0 unspecified atom stereocenters. The Bertz CT molecular complexity index is 211. The summed E-state index contributed by atoms with van der Waals surface area (Å²) in [5.74, 6) is -0.491. The Labute approximate surface area is 65.0 Å². The van der Waals surface area contributed by atoms with Crippen LogP contribution >= 0.6 is 0 Å². The van der Waals surface area contributed by atoms with Crippen molar-refractivity contribution in [2.45, 2.75) is 25.9 Å². The van der Waals surface area contributed by atoms with E-state index in [-0.39, 0.29) is 12.8 Å². The van der Waals surface area contributed by atoms with Crippen molar-refractivity contribution in [1.82, 2.24) is 0 Å². The quantitative estimate of drug-likeness (QED) is 0.559. The highest BCUT2D eigenvalue weighted by molar-refractivity contribution is 5.66. The molecule has 0 aromatic rings. The highest BCUT2D eigenvalue weighted by atomic mass is 16.5. The van der Waals surface area contributed by atoms with Crippen molar-refractivity contribution in [3.63, 3.8) is 0 Å². The van der Waals surface area contributed by atoms with Gasteiger partial charge in [-0.05, 0) is 0 Å². The summed E-state index contributed by atoms with van der Waals surface area (Å²) in [5.41, 5.74) is 0. The number of hydrogen-bond acceptors (Lipinski definition) is 4. The number of nitriles is 2. The topological polar surface area (TPSA) is 73.9 Å². The number of ether oxygens (including phenoxy) is 1. The number of carbonyl (C=O) groups is 1. The van der Waals surface area contributed by atoms with Crippen molar-refractivity contribution < 1.29 is 9.53 Å². The first-order valence-corrected chi connectivity index (χ1v) is 3.14. The average Bonchev–Trinajstić information content (AvgIpc) is 1.97. The fourth-order valence-electron chi connectivity index (χ4n) is 0.546. The summed E-state index contributed by atoms with van der Waals surface area (Å²) < 4.78 is 4.55. The molecule has 0 fully saturated rings. The Morgan fingerprint density at radius 2 is 2.27 bits per heavy atom. The summed E-state index contributed by atoms with van der Waals surface area (Å²) in [5, 5.41) is 16.5. The fourth-order valence-corrected chi connectivity index (χ4v) is 0.546. The van der Waals surface area contributed by atoms with E-state index in [4.69, 9.17) is 10.5 Å². The van der Waals surface area contributed by atoms with E-state index in [0.717, 1.165) is 0 Å². The molecule has 0 aromatic carbocycles. The van der Waals surface area contributed by atoms with Gasteiger partial charge in [0.05, 0.1) is 6.07 Å². The molecule has 0 aliphatic rings. The highest BCUT2D eigenvalue weighted by Gasteiger charge is 2.08. The maximum Gasteiger partial charge on any atom is 0.303 e. The summed E-state index contributed by atoms with van der Waals surface area (Å²) in [6.07, 6.45) is -0.259. The van der Waals surface area contributed by atoms with Gasteiger partial charge in [-0.3, -0.25) is 4.79 Å². The van der Waals surface area contributed by atoms with E-state index >= 15 is 0 Å². The van der Waals surface area contributed by atoms with E-state index in [2.05, 4.69) is 4.74 Å². The van der Waals surface area contributed by atoms with Crippen LogP contribution in [0.3, 0.4) is 0 Å². The second-order valence-electron chi connectivity index (χ2n) is 1.92. The minimum absolute atomic E-state index is 0.228. The summed E-state index contributed by atoms with van der Waals surface area (Å²) >= 11 is 0. The van der Waals surface area contributed by atoms with Crippen molar-refractivity contribution in [2.24, 2.45) is 0 Å². The largest absolute Gasteiger partial charge is 0.447 e. The molecule has 0 amide bonds. The molecule has 0 N–H and O–H groups in total. The Morgan fingerprint density at radius 3 is 2.64 bits per heavy atom. The summed E-state index contributed by atoms with van der Waals surface area (Å²) in [6, 6.07) is 3.64. The molecule has 0 saturated carbocycles. The van der Waals surface area contributed by atoms with Gasteiger partial charge in [-0.15, -0.1) is 0 Å². The first-order valence-electron chi connectivity index (χ1n) is 3.14. The standard InChI is InChI=1S/C7H8N2O2/c1-6(10)11-7(5-9)3-2-4-8/h7H,2-3H2,1H3/t7-/m0/s1. The smallest absolute Gasteiger partial charge is 0.303 e. The maximum absolute atomic E-state index is 10.3. The molecule has 0 aromatic heterocycles. The van der Waals surface area contributed by atoms with E-state index in [1.807, 2.05) is 6.07 Å². The molecular formula is C7H8N2O2. The van der Waals surface area contributed by atoms with Crippen LogP contribution in [0.2, 0.25) is 0 Å². The van der Waals surface area contributed by atoms with Gasteiger partial charge in [-0.25, -0.2) is 0 Å². The minimum Gasteiger partial charge on any atom is -0.447 e. The number of carbonyl (C=O) groups excluding carboxylic acids is 1. The number of hydrogen-bond donors (Lipinski definition) is 0. The predicted molar refractivity (Wildman–Crippen MR) is 36.0 cm³/mol. The number of nitrogens with zero attached hydrogens (tertiary/aromatic N) is 2. The third-order valence-electron chi connectivity index (χ3n) is 0.971. The van der Waals surface area contributed by atoms with Crippen LogP contribution in [0.25, 0.3) is 0 Å². The average molecular weight is 152 g/mol. The zero-order chi connectivity index (χ0) is 8.69. The lowest BCUT2D eigenvalue weighted by molar-refractivity contribution is -0.144. The van der Waals surface area contributed by atoms with Gasteiger partial charge in [-0.2, -0.15) is 10.5 Å². The van der Waals surface area contributed by atoms with Gasteiger partial charge in [0, 0.05) is 19.8 Å². The SMILES string of the molecule is CC(=O)O[C@H](C#N)CCC#N. The Balaban J connectivity index is 3.71. The van der Waals surface area contributed by atoms with Crippen LogP contribution in [0.4, 0.5) is 0 Å². The lowest BCUT2D eigenvalue weighted by Gasteiger charge is -2.05. The van der Waals surface area contributed by atoms with E-state index in [9.17, 15) is 4.79 Å². The molecule has 0 radical (unpaired) electrons. The van der Waals surface area contributed by atoms with Crippen LogP contribution in [0.5, 0.6) is 0 Å². The molecule has 0 saturated heterocycles. The molecule has 11 heavy (non-hydrogen) atoms. The van der Waals surface area contributed by atoms with Crippen LogP contribution in [-0.4, -0.2) is 12.1 Å². The van der Waals surface area contributed by atoms with Crippen molar-refractivity contribution in [3.05, 3.63) is 0 Å². The maximum atomic E-state index is 10.3. The second-order valence-corrected chi connectivity index (χ2v) is 1.92. The third-order valence-corrected chi connectivity index (χ3v) is 0.971. The van der Waals surface area contributed by atoms with Crippen LogP contribution in [0.1, 0.15) is 19.8 Å². The van der Waals surface area contributed by atoms with Gasteiger partial charge in [0.1, 0.15) is 6.07 Å². The normalized spacial score (nSPS) is 10.8. The first kappa shape index (κ1) is 9.45. The van der Waals surface area contributed by atoms with Crippen molar-refractivity contribution in [3.8, 4) is 12.1 Å². The molecule has 0 rings (SSSR count). The molecule has 0 heterocycles. The molecule has 0 spiro atoms. The van der Waals surface area contributed by atoms with Gasteiger partial charge in [0.25, 0.3) is 0 Å². The zero-order valence-corrected chi connectivity index (χ0v) is 6.20. The van der Waals surface area contributed by atoms with Gasteiger partial charge in [0.2, 0.25) is 0 Å². The Kier molecular flexibility index (Phi) is 4.51. The monoisotopic (exact) mass is 152 g/mol. The molecule has 4 nitrogen and oxygen atoms in total. The highest BCUT2D eigenvalue weighted by Crippen LogP contribution is 2.00. The summed E-state index contributed by atoms with van der Waals surface area (Å²) in [6.45, 7) is 1.23. The van der Waals surface area contributed by atoms with Crippen molar-refractivity contribution in [2.75, 3.05) is 0 Å². The third kappa shape index (κ3) is 4.92. The Hall–Kier alpha value is -1.55. The van der Waals surface area contributed by atoms with Crippen molar-refractivity contribution in [1.29, 1.82) is 10.5 Å². The van der Waals surface area contributed by atoms with Gasteiger partial charge < -0.3 is 4.74 Å². The predicted octanol–water partition coefficient (Wildman–Crippen LogP) is 0.745. The van der Waals surface area contributed by atoms with Gasteiger partial charge >= 0.3 is 5.97 Å². The molecular weight excluding hydrogens is 144 g/mol. The molecule has 0 bridgehead atoms. The van der Waals surface area contributed by atoms with E-state index in [1.165, 1.54) is 6.92 Å². The number of esters is 1. The first-order chi connectivity index (χ1) is 5.20. The molecule has 0 aliphatic heterocycles. The van der Waals surface area contributed by atoms with Crippen LogP contribution < -0.4 is 0 Å². The minimum atomic E-state index is -0.771. The van der Waals surface area contributed by atoms with Crippen LogP contribution in [-0.2, 0) is 9.53 Å². The second kappa shape index (κ2) is 5.25. The van der Waals surface area contributed by atoms with Crippen LogP contribution in [0, 0.1) is 22.7 Å². The summed E-state index contributed by atoms with van der Waals surface area (Å²) in [7, 11) is 0. The van der Waals surface area contributed by atoms with E-state index < -0.39 is 12.1 Å². The van der Waals surface area contributed by atoms with E-state index in [0.29, 0.717) is 0 Å². The van der Waals surface area contributed by atoms with Crippen molar-refractivity contribution >= 4 is 5.97 Å².